The van der Waals surface area contributed by atoms with Crippen molar-refractivity contribution in [1.29, 1.82) is 0 Å². The first-order valence-corrected chi connectivity index (χ1v) is 9.14. The highest BCUT2D eigenvalue weighted by Crippen LogP contribution is 2.37. The molecular formula is C20H22N4O4. The molecule has 0 saturated carbocycles. The van der Waals surface area contributed by atoms with E-state index in [-0.39, 0.29) is 6.10 Å². The van der Waals surface area contributed by atoms with E-state index in [1.54, 1.807) is 20.4 Å². The average molecular weight is 382 g/mol. The van der Waals surface area contributed by atoms with Crippen LogP contribution in [0.1, 0.15) is 12.8 Å². The monoisotopic (exact) mass is 382 g/mol. The fraction of sp³-hybridized carbons (Fsp3) is 0.350. The zero-order chi connectivity index (χ0) is 19.5. The van der Waals surface area contributed by atoms with Crippen LogP contribution in [0.2, 0.25) is 0 Å². The lowest BCUT2D eigenvalue weighted by atomic mass is 10.1. The summed E-state index contributed by atoms with van der Waals surface area (Å²) in [7, 11) is 3.15. The van der Waals surface area contributed by atoms with Crippen LogP contribution in [0.15, 0.2) is 41.1 Å². The Hall–Kier alpha value is -3.13. The molecule has 146 valence electrons. The van der Waals surface area contributed by atoms with Crippen molar-refractivity contribution in [2.24, 2.45) is 0 Å². The number of benzene rings is 1. The third kappa shape index (κ3) is 3.50. The summed E-state index contributed by atoms with van der Waals surface area (Å²) >= 11 is 0. The fourth-order valence-electron chi connectivity index (χ4n) is 3.38. The van der Waals surface area contributed by atoms with Gasteiger partial charge in [-0.05, 0) is 37.1 Å². The second kappa shape index (κ2) is 7.85. The van der Waals surface area contributed by atoms with E-state index in [0.717, 1.165) is 30.8 Å². The minimum absolute atomic E-state index is 0.299. The number of pyridine rings is 1. The second-order valence-electron chi connectivity index (χ2n) is 6.61. The van der Waals surface area contributed by atoms with Crippen LogP contribution < -0.4 is 14.4 Å². The van der Waals surface area contributed by atoms with E-state index in [1.807, 2.05) is 30.3 Å². The maximum absolute atomic E-state index is 9.84. The first-order chi connectivity index (χ1) is 13.7. The van der Waals surface area contributed by atoms with E-state index in [0.29, 0.717) is 35.3 Å². The molecule has 4 rings (SSSR count). The van der Waals surface area contributed by atoms with E-state index < -0.39 is 0 Å². The zero-order valence-corrected chi connectivity index (χ0v) is 15.8. The number of aliphatic hydroxyl groups excluding tert-OH is 1. The van der Waals surface area contributed by atoms with Crippen LogP contribution in [-0.4, -0.2) is 53.6 Å². The van der Waals surface area contributed by atoms with Crippen molar-refractivity contribution in [3.8, 4) is 34.3 Å². The Morgan fingerprint density at radius 3 is 2.79 bits per heavy atom. The summed E-state index contributed by atoms with van der Waals surface area (Å²) in [6, 6.07) is 9.30. The van der Waals surface area contributed by atoms with Crippen molar-refractivity contribution in [1.82, 2.24) is 15.1 Å². The molecule has 3 heterocycles. The van der Waals surface area contributed by atoms with Gasteiger partial charge in [-0.25, -0.2) is 4.98 Å². The summed E-state index contributed by atoms with van der Waals surface area (Å²) in [5.74, 6) is 2.76. The standard InChI is InChI=1S/C20H22N4O4/c1-26-16-7-3-6-15(18(16)27-2)19-22-20(28-23-19)13-8-9-17(21-11-13)24-10-4-5-14(25)12-24/h3,6-9,11,14,25H,4-5,10,12H2,1-2H3/t14-/m1/s1. The number of para-hydroxylation sites is 1. The van der Waals surface area contributed by atoms with Gasteiger partial charge in [0.2, 0.25) is 5.82 Å². The lowest BCUT2D eigenvalue weighted by Crippen LogP contribution is -2.38. The van der Waals surface area contributed by atoms with Crippen molar-refractivity contribution >= 4 is 5.82 Å². The molecule has 1 fully saturated rings. The molecule has 1 aliphatic rings. The Kier molecular flexibility index (Phi) is 5.12. The van der Waals surface area contributed by atoms with Gasteiger partial charge in [0.05, 0.1) is 31.5 Å². The van der Waals surface area contributed by atoms with E-state index in [1.165, 1.54) is 0 Å². The quantitative estimate of drug-likeness (QED) is 0.720. The van der Waals surface area contributed by atoms with E-state index in [9.17, 15) is 5.11 Å². The van der Waals surface area contributed by atoms with Crippen LogP contribution in [0.4, 0.5) is 5.82 Å². The van der Waals surface area contributed by atoms with Crippen molar-refractivity contribution in [2.45, 2.75) is 18.9 Å². The highest BCUT2D eigenvalue weighted by molar-refractivity contribution is 5.69. The number of aliphatic hydroxyl groups is 1. The smallest absolute Gasteiger partial charge is 0.259 e. The van der Waals surface area contributed by atoms with Gasteiger partial charge in [0.1, 0.15) is 5.82 Å². The highest BCUT2D eigenvalue weighted by atomic mass is 16.5. The van der Waals surface area contributed by atoms with E-state index in [4.69, 9.17) is 14.0 Å². The number of hydrogen-bond donors (Lipinski definition) is 1. The van der Waals surface area contributed by atoms with Gasteiger partial charge in [0, 0.05) is 19.3 Å². The minimum atomic E-state index is -0.299. The van der Waals surface area contributed by atoms with Gasteiger partial charge in [0.25, 0.3) is 5.89 Å². The summed E-state index contributed by atoms with van der Waals surface area (Å²) in [5, 5.41) is 13.9. The predicted molar refractivity (Wildman–Crippen MR) is 104 cm³/mol. The summed E-state index contributed by atoms with van der Waals surface area (Å²) < 4.78 is 16.2. The van der Waals surface area contributed by atoms with Gasteiger partial charge in [-0.2, -0.15) is 4.98 Å². The first-order valence-electron chi connectivity index (χ1n) is 9.14. The van der Waals surface area contributed by atoms with Crippen LogP contribution in [0.25, 0.3) is 22.8 Å². The lowest BCUT2D eigenvalue weighted by Gasteiger charge is -2.30. The molecule has 0 bridgehead atoms. The van der Waals surface area contributed by atoms with Crippen molar-refractivity contribution in [2.75, 3.05) is 32.2 Å². The Balaban J connectivity index is 1.58. The van der Waals surface area contributed by atoms with Crippen LogP contribution >= 0.6 is 0 Å². The van der Waals surface area contributed by atoms with E-state index >= 15 is 0 Å². The molecule has 1 aromatic carbocycles. The summed E-state index contributed by atoms with van der Waals surface area (Å²) in [6.07, 6.45) is 3.20. The predicted octanol–water partition coefficient (Wildman–Crippen LogP) is 2.78. The van der Waals surface area contributed by atoms with Crippen LogP contribution in [-0.2, 0) is 0 Å². The number of β-amino-alcohol motifs (C(OH)–C–C–N with tert-alkyl or cyclic N) is 1. The molecule has 0 unspecified atom stereocenters. The molecule has 2 aromatic heterocycles. The molecule has 0 aliphatic carbocycles. The number of aromatic nitrogens is 3. The maximum atomic E-state index is 9.84. The van der Waals surface area contributed by atoms with E-state index in [2.05, 4.69) is 20.0 Å². The Morgan fingerprint density at radius 2 is 2.07 bits per heavy atom. The van der Waals surface area contributed by atoms with Crippen molar-refractivity contribution < 1.29 is 19.1 Å². The first kappa shape index (κ1) is 18.2. The lowest BCUT2D eigenvalue weighted by molar-refractivity contribution is 0.154. The second-order valence-corrected chi connectivity index (χ2v) is 6.61. The summed E-state index contributed by atoms with van der Waals surface area (Å²) in [5.41, 5.74) is 1.41. The number of hydrogen-bond acceptors (Lipinski definition) is 8. The number of piperidine rings is 1. The molecule has 8 nitrogen and oxygen atoms in total. The molecule has 1 atom stereocenters. The van der Waals surface area contributed by atoms with Gasteiger partial charge < -0.3 is 24.0 Å². The number of ether oxygens (including phenoxy) is 2. The highest BCUT2D eigenvalue weighted by Gasteiger charge is 2.20. The topological polar surface area (TPSA) is 93.7 Å². The summed E-state index contributed by atoms with van der Waals surface area (Å²) in [4.78, 5) is 11.1. The van der Waals surface area contributed by atoms with Crippen LogP contribution in [0.3, 0.4) is 0 Å². The SMILES string of the molecule is COc1cccc(-c2noc(-c3ccc(N4CCC[C@@H](O)C4)nc3)n2)c1OC. The number of nitrogens with zero attached hydrogens (tertiary/aromatic N) is 4. The molecule has 28 heavy (non-hydrogen) atoms. The molecule has 0 amide bonds. The van der Waals surface area contributed by atoms with Crippen molar-refractivity contribution in [3.05, 3.63) is 36.5 Å². The van der Waals surface area contributed by atoms with Crippen molar-refractivity contribution in [3.63, 3.8) is 0 Å². The minimum Gasteiger partial charge on any atom is -0.493 e. The molecule has 1 N–H and O–H groups in total. The molecule has 0 radical (unpaired) electrons. The molecular weight excluding hydrogens is 360 g/mol. The zero-order valence-electron chi connectivity index (χ0n) is 15.8. The van der Waals surface area contributed by atoms with Crippen LogP contribution in [0, 0.1) is 0 Å². The molecule has 1 aliphatic heterocycles. The summed E-state index contributed by atoms with van der Waals surface area (Å²) in [6.45, 7) is 1.50. The molecule has 3 aromatic rings. The van der Waals surface area contributed by atoms with Crippen LogP contribution in [0.5, 0.6) is 11.5 Å². The number of methoxy groups -OCH3 is 2. The Morgan fingerprint density at radius 1 is 1.18 bits per heavy atom. The average Bonchev–Trinajstić information content (AvgIpc) is 3.23. The van der Waals surface area contributed by atoms with Gasteiger partial charge in [-0.1, -0.05) is 11.2 Å². The Bertz CT molecular complexity index is 942. The maximum Gasteiger partial charge on any atom is 0.259 e. The Labute approximate surface area is 162 Å². The molecule has 8 heteroatoms. The van der Waals surface area contributed by atoms with Gasteiger partial charge >= 0.3 is 0 Å². The number of anilines is 1. The third-order valence-corrected chi connectivity index (χ3v) is 4.79. The van der Waals surface area contributed by atoms with Gasteiger partial charge in [-0.3, -0.25) is 0 Å². The normalized spacial score (nSPS) is 16.8. The van der Waals surface area contributed by atoms with Gasteiger partial charge in [-0.15, -0.1) is 0 Å². The number of rotatable bonds is 5. The third-order valence-electron chi connectivity index (χ3n) is 4.79. The van der Waals surface area contributed by atoms with Gasteiger partial charge in [0.15, 0.2) is 11.5 Å². The fourth-order valence-corrected chi connectivity index (χ4v) is 3.38. The molecule has 1 saturated heterocycles. The largest absolute Gasteiger partial charge is 0.493 e. The molecule has 0 spiro atoms.